The first-order chi connectivity index (χ1) is 13.2. The van der Waals surface area contributed by atoms with E-state index in [-0.39, 0.29) is 12.4 Å². The van der Waals surface area contributed by atoms with Crippen molar-refractivity contribution in [3.05, 3.63) is 58.4 Å². The molecule has 6 heteroatoms. The number of benzene rings is 2. The summed E-state index contributed by atoms with van der Waals surface area (Å²) in [5.41, 5.74) is 1.40. The summed E-state index contributed by atoms with van der Waals surface area (Å²) >= 11 is 6.11. The maximum absolute atomic E-state index is 14.0. The zero-order chi connectivity index (χ0) is 19.1. The molecule has 1 aliphatic rings. The highest BCUT2D eigenvalue weighted by molar-refractivity contribution is 6.31. The van der Waals surface area contributed by atoms with Crippen molar-refractivity contribution in [1.82, 2.24) is 4.90 Å². The number of ether oxygens (including phenoxy) is 3. The van der Waals surface area contributed by atoms with Crippen LogP contribution < -0.4 is 9.47 Å². The van der Waals surface area contributed by atoms with Crippen LogP contribution in [0.1, 0.15) is 17.5 Å². The fourth-order valence-corrected chi connectivity index (χ4v) is 3.43. The van der Waals surface area contributed by atoms with Crippen LogP contribution in [0.15, 0.2) is 36.4 Å². The van der Waals surface area contributed by atoms with Crippen molar-refractivity contribution in [3.8, 4) is 11.5 Å². The van der Waals surface area contributed by atoms with Crippen molar-refractivity contribution >= 4 is 11.6 Å². The number of nitrogens with zero attached hydrogens (tertiary/aromatic N) is 1. The van der Waals surface area contributed by atoms with Crippen molar-refractivity contribution in [1.29, 1.82) is 0 Å². The Balaban J connectivity index is 1.67. The molecule has 146 valence electrons. The van der Waals surface area contributed by atoms with Gasteiger partial charge in [-0.05, 0) is 43.1 Å². The molecule has 0 aliphatic carbocycles. The van der Waals surface area contributed by atoms with Gasteiger partial charge in [0, 0.05) is 18.7 Å². The Hall–Kier alpha value is -1.82. The summed E-state index contributed by atoms with van der Waals surface area (Å²) in [5, 5.41) is 0.360. The smallest absolute Gasteiger partial charge is 0.164 e. The fourth-order valence-electron chi connectivity index (χ4n) is 3.22. The Kier molecular flexibility index (Phi) is 7.33. The number of methoxy groups -OCH3 is 1. The summed E-state index contributed by atoms with van der Waals surface area (Å²) in [6, 6.07) is 10.5. The maximum Gasteiger partial charge on any atom is 0.164 e. The van der Waals surface area contributed by atoms with Crippen LogP contribution in [-0.4, -0.2) is 44.9 Å². The highest BCUT2D eigenvalue weighted by atomic mass is 35.5. The van der Waals surface area contributed by atoms with Gasteiger partial charge in [-0.3, -0.25) is 4.90 Å². The van der Waals surface area contributed by atoms with Gasteiger partial charge in [-0.25, -0.2) is 4.39 Å². The normalized spacial score (nSPS) is 14.9. The molecule has 2 aromatic carbocycles. The third-order valence-electron chi connectivity index (χ3n) is 4.73. The molecular formula is C21H25ClFNO3. The lowest BCUT2D eigenvalue weighted by Crippen LogP contribution is -2.36. The number of halogens is 2. The van der Waals surface area contributed by atoms with Crippen molar-refractivity contribution in [2.45, 2.75) is 19.4 Å². The van der Waals surface area contributed by atoms with Crippen molar-refractivity contribution in [2.75, 3.05) is 40.0 Å². The second-order valence-corrected chi connectivity index (χ2v) is 6.90. The molecule has 0 atom stereocenters. The van der Waals surface area contributed by atoms with Crippen LogP contribution in [0.4, 0.5) is 4.39 Å². The van der Waals surface area contributed by atoms with Gasteiger partial charge >= 0.3 is 0 Å². The second-order valence-electron chi connectivity index (χ2n) is 6.49. The Morgan fingerprint density at radius 3 is 2.67 bits per heavy atom. The van der Waals surface area contributed by atoms with Gasteiger partial charge in [0.25, 0.3) is 0 Å². The number of morpholine rings is 1. The molecule has 0 amide bonds. The van der Waals surface area contributed by atoms with Crippen LogP contribution in [0.3, 0.4) is 0 Å². The van der Waals surface area contributed by atoms with E-state index in [9.17, 15) is 4.39 Å². The fraction of sp³-hybridized carbons (Fsp3) is 0.429. The molecule has 3 rings (SSSR count). The lowest BCUT2D eigenvalue weighted by atomic mass is 10.1. The molecule has 1 saturated heterocycles. The Morgan fingerprint density at radius 2 is 1.93 bits per heavy atom. The summed E-state index contributed by atoms with van der Waals surface area (Å²) in [4.78, 5) is 2.41. The van der Waals surface area contributed by atoms with E-state index in [1.165, 1.54) is 6.07 Å². The summed E-state index contributed by atoms with van der Waals surface area (Å²) in [6.45, 7) is 4.63. The lowest BCUT2D eigenvalue weighted by Gasteiger charge is -2.26. The van der Waals surface area contributed by atoms with Crippen LogP contribution in [0.2, 0.25) is 5.02 Å². The molecule has 1 fully saturated rings. The van der Waals surface area contributed by atoms with Crippen molar-refractivity contribution in [3.63, 3.8) is 0 Å². The Morgan fingerprint density at radius 1 is 1.15 bits per heavy atom. The minimum absolute atomic E-state index is 0.0579. The summed E-state index contributed by atoms with van der Waals surface area (Å²) in [5.74, 6) is 0.930. The molecule has 0 saturated carbocycles. The van der Waals surface area contributed by atoms with Crippen LogP contribution in [0, 0.1) is 5.82 Å². The van der Waals surface area contributed by atoms with Gasteiger partial charge in [0.15, 0.2) is 11.5 Å². The van der Waals surface area contributed by atoms with E-state index in [4.69, 9.17) is 25.8 Å². The minimum Gasteiger partial charge on any atom is -0.493 e. The van der Waals surface area contributed by atoms with Crippen molar-refractivity contribution in [2.24, 2.45) is 0 Å². The Labute approximate surface area is 164 Å². The van der Waals surface area contributed by atoms with E-state index in [0.29, 0.717) is 22.1 Å². The largest absolute Gasteiger partial charge is 0.493 e. The summed E-state index contributed by atoms with van der Waals surface area (Å²) < 4.78 is 30.8. The molecule has 0 spiro atoms. The number of rotatable bonds is 8. The quantitative estimate of drug-likeness (QED) is 0.668. The molecule has 0 aromatic heterocycles. The van der Waals surface area contributed by atoms with Crippen LogP contribution in [-0.2, 0) is 17.8 Å². The van der Waals surface area contributed by atoms with Crippen LogP contribution in [0.5, 0.6) is 11.5 Å². The molecule has 1 heterocycles. The molecule has 4 nitrogen and oxygen atoms in total. The van der Waals surface area contributed by atoms with Crippen LogP contribution in [0.25, 0.3) is 0 Å². The van der Waals surface area contributed by atoms with E-state index in [1.54, 1.807) is 19.2 Å². The Bertz CT molecular complexity index is 730. The zero-order valence-electron chi connectivity index (χ0n) is 15.5. The van der Waals surface area contributed by atoms with Crippen LogP contribution >= 0.6 is 11.6 Å². The van der Waals surface area contributed by atoms with E-state index < -0.39 is 0 Å². The predicted octanol–water partition coefficient (Wildman–Crippen LogP) is 4.33. The average Bonchev–Trinajstić information content (AvgIpc) is 2.69. The topological polar surface area (TPSA) is 30.9 Å². The molecule has 2 aromatic rings. The van der Waals surface area contributed by atoms with E-state index in [0.717, 1.165) is 51.3 Å². The van der Waals surface area contributed by atoms with Gasteiger partial charge in [0.1, 0.15) is 12.4 Å². The first-order valence-electron chi connectivity index (χ1n) is 9.20. The number of hydrogen-bond acceptors (Lipinski definition) is 4. The van der Waals surface area contributed by atoms with E-state index >= 15 is 0 Å². The first-order valence-corrected chi connectivity index (χ1v) is 9.58. The standard InChI is InChI=1S/C21H25ClFNO3/c1-25-20-9-2-5-16(6-4-10-24-11-13-26-14-12-24)21(20)27-15-17-18(22)7-3-8-19(17)23/h2-3,5,7-9H,4,6,10-15H2,1H3. The second kappa shape index (κ2) is 9.93. The van der Waals surface area contributed by atoms with Crippen molar-refractivity contribution < 1.29 is 18.6 Å². The SMILES string of the molecule is COc1cccc(CCCN2CCOCC2)c1OCc1c(F)cccc1Cl. The zero-order valence-corrected chi connectivity index (χ0v) is 16.3. The average molecular weight is 394 g/mol. The van der Waals surface area contributed by atoms with Gasteiger partial charge in [0.2, 0.25) is 0 Å². The van der Waals surface area contributed by atoms with Gasteiger partial charge in [0.05, 0.1) is 25.3 Å². The molecule has 0 bridgehead atoms. The summed E-state index contributed by atoms with van der Waals surface area (Å²) in [6.07, 6.45) is 1.86. The van der Waals surface area contributed by atoms with Gasteiger partial charge in [-0.2, -0.15) is 0 Å². The van der Waals surface area contributed by atoms with E-state index in [2.05, 4.69) is 4.90 Å². The van der Waals surface area contributed by atoms with E-state index in [1.807, 2.05) is 18.2 Å². The van der Waals surface area contributed by atoms with Gasteiger partial charge < -0.3 is 14.2 Å². The molecule has 0 N–H and O–H groups in total. The predicted molar refractivity (Wildman–Crippen MR) is 104 cm³/mol. The molecular weight excluding hydrogens is 369 g/mol. The molecule has 1 aliphatic heterocycles. The lowest BCUT2D eigenvalue weighted by molar-refractivity contribution is 0.0374. The third kappa shape index (κ3) is 5.34. The maximum atomic E-state index is 14.0. The highest BCUT2D eigenvalue weighted by Gasteiger charge is 2.15. The highest BCUT2D eigenvalue weighted by Crippen LogP contribution is 2.33. The number of aryl methyl sites for hydroxylation is 1. The molecule has 0 radical (unpaired) electrons. The van der Waals surface area contributed by atoms with Gasteiger partial charge in [-0.15, -0.1) is 0 Å². The number of hydrogen-bond donors (Lipinski definition) is 0. The molecule has 0 unspecified atom stereocenters. The first kappa shape index (κ1) is 19.9. The number of para-hydroxylation sites is 1. The summed E-state index contributed by atoms with van der Waals surface area (Å²) in [7, 11) is 1.61. The monoisotopic (exact) mass is 393 g/mol. The van der Waals surface area contributed by atoms with Gasteiger partial charge in [-0.1, -0.05) is 29.8 Å². The molecule has 27 heavy (non-hydrogen) atoms. The minimum atomic E-state index is -0.369. The third-order valence-corrected chi connectivity index (χ3v) is 5.08.